The van der Waals surface area contributed by atoms with Crippen molar-refractivity contribution in [2.24, 2.45) is 0 Å². The fourth-order valence-electron chi connectivity index (χ4n) is 2.91. The third kappa shape index (κ3) is 4.40. The first-order chi connectivity index (χ1) is 13.3. The molecule has 0 fully saturated rings. The highest BCUT2D eigenvalue weighted by atomic mass is 35.5. The molecule has 1 aromatic heterocycles. The van der Waals surface area contributed by atoms with Gasteiger partial charge in [0.15, 0.2) is 0 Å². The first-order valence-corrected chi connectivity index (χ1v) is 10.0. The molecule has 0 aliphatic heterocycles. The van der Waals surface area contributed by atoms with E-state index in [2.05, 4.69) is 5.32 Å². The Kier molecular flexibility index (Phi) is 7.29. The van der Waals surface area contributed by atoms with Crippen LogP contribution in [0, 0.1) is 11.6 Å². The number of hydrogen-bond acceptors (Lipinski definition) is 4. The minimum atomic E-state index is -4.13. The minimum absolute atomic E-state index is 0. The van der Waals surface area contributed by atoms with E-state index >= 15 is 0 Å². The van der Waals surface area contributed by atoms with Gasteiger partial charge >= 0.3 is 0 Å². The van der Waals surface area contributed by atoms with Crippen molar-refractivity contribution in [3.63, 3.8) is 0 Å². The van der Waals surface area contributed by atoms with E-state index in [-0.39, 0.29) is 45.9 Å². The van der Waals surface area contributed by atoms with E-state index < -0.39 is 21.7 Å². The zero-order chi connectivity index (χ0) is 20.5. The lowest BCUT2D eigenvalue weighted by atomic mass is 10.1. The lowest BCUT2D eigenvalue weighted by molar-refractivity contribution is 0.411. The maximum Gasteiger partial charge on any atom is 0.268 e. The highest BCUT2D eigenvalue weighted by Gasteiger charge is 2.28. The quantitative estimate of drug-likeness (QED) is 0.586. The van der Waals surface area contributed by atoms with Gasteiger partial charge in [0.25, 0.3) is 10.0 Å². The molecule has 1 N–H and O–H groups in total. The van der Waals surface area contributed by atoms with Gasteiger partial charge in [-0.05, 0) is 37.4 Å². The number of nitrogens with one attached hydrogen (secondary N) is 1. The van der Waals surface area contributed by atoms with Gasteiger partial charge in [-0.1, -0.05) is 17.7 Å². The van der Waals surface area contributed by atoms with Gasteiger partial charge in [-0.3, -0.25) is 0 Å². The summed E-state index contributed by atoms with van der Waals surface area (Å²) in [6, 6.07) is 8.65. The van der Waals surface area contributed by atoms with Gasteiger partial charge in [0.05, 0.1) is 12.0 Å². The van der Waals surface area contributed by atoms with Gasteiger partial charge in [-0.25, -0.2) is 21.2 Å². The Morgan fingerprint density at radius 3 is 2.48 bits per heavy atom. The third-order valence-corrected chi connectivity index (χ3v) is 6.00. The van der Waals surface area contributed by atoms with Crippen LogP contribution in [0.2, 0.25) is 5.02 Å². The molecule has 10 heteroatoms. The Labute approximate surface area is 178 Å². The van der Waals surface area contributed by atoms with Crippen molar-refractivity contribution in [2.45, 2.75) is 11.4 Å². The minimum Gasteiger partial charge on any atom is -0.494 e. The Bertz CT molecular complexity index is 1130. The number of nitrogens with zero attached hydrogens (tertiary/aromatic N) is 1. The first kappa shape index (κ1) is 23.2. The van der Waals surface area contributed by atoms with Gasteiger partial charge in [-0.15, -0.1) is 12.4 Å². The van der Waals surface area contributed by atoms with Crippen molar-refractivity contribution in [1.29, 1.82) is 0 Å². The van der Waals surface area contributed by atoms with E-state index in [9.17, 15) is 17.2 Å². The molecule has 0 saturated heterocycles. The van der Waals surface area contributed by atoms with Crippen LogP contribution < -0.4 is 10.1 Å². The molecule has 0 amide bonds. The maximum absolute atomic E-state index is 14.5. The van der Waals surface area contributed by atoms with E-state index in [1.807, 2.05) is 0 Å². The third-order valence-electron chi connectivity index (χ3n) is 4.11. The average molecular weight is 463 g/mol. The van der Waals surface area contributed by atoms with Gasteiger partial charge in [0, 0.05) is 35.0 Å². The van der Waals surface area contributed by atoms with Crippen LogP contribution in [0.15, 0.2) is 53.6 Å². The molecule has 0 saturated carbocycles. The normalized spacial score (nSPS) is 11.2. The summed E-state index contributed by atoms with van der Waals surface area (Å²) in [6.07, 6.45) is 1.35. The number of rotatable bonds is 6. The van der Waals surface area contributed by atoms with Crippen LogP contribution >= 0.6 is 24.0 Å². The van der Waals surface area contributed by atoms with Crippen LogP contribution in [0.1, 0.15) is 5.56 Å². The number of hydrogen-bond donors (Lipinski definition) is 1. The number of methoxy groups -OCH3 is 1. The first-order valence-electron chi connectivity index (χ1n) is 8.19. The Morgan fingerprint density at radius 1 is 1.17 bits per heavy atom. The summed E-state index contributed by atoms with van der Waals surface area (Å²) in [5.74, 6) is -1.51. The van der Waals surface area contributed by atoms with E-state index in [1.165, 1.54) is 37.6 Å². The van der Waals surface area contributed by atoms with Crippen molar-refractivity contribution >= 4 is 34.0 Å². The molecule has 3 aromatic rings. The van der Waals surface area contributed by atoms with E-state index in [0.29, 0.717) is 11.6 Å². The zero-order valence-electron chi connectivity index (χ0n) is 15.4. The van der Waals surface area contributed by atoms with Crippen molar-refractivity contribution in [3.8, 4) is 17.0 Å². The van der Waals surface area contributed by atoms with Gasteiger partial charge < -0.3 is 10.1 Å². The van der Waals surface area contributed by atoms with Gasteiger partial charge in [-0.2, -0.15) is 0 Å². The molecule has 5 nitrogen and oxygen atoms in total. The molecule has 3 rings (SSSR count). The van der Waals surface area contributed by atoms with Crippen LogP contribution in [0.4, 0.5) is 8.78 Å². The van der Waals surface area contributed by atoms with Crippen molar-refractivity contribution in [1.82, 2.24) is 9.29 Å². The fourth-order valence-corrected chi connectivity index (χ4v) is 4.61. The van der Waals surface area contributed by atoms with E-state index in [0.717, 1.165) is 10.0 Å². The van der Waals surface area contributed by atoms with Crippen molar-refractivity contribution in [2.75, 3.05) is 14.2 Å². The van der Waals surface area contributed by atoms with Gasteiger partial charge in [0.2, 0.25) is 0 Å². The van der Waals surface area contributed by atoms with E-state index in [1.54, 1.807) is 13.1 Å². The monoisotopic (exact) mass is 462 g/mol. The predicted octanol–water partition coefficient (Wildman–Crippen LogP) is 4.47. The summed E-state index contributed by atoms with van der Waals surface area (Å²) in [7, 11) is -1.10. The number of aromatic nitrogens is 1. The molecule has 1 heterocycles. The lowest BCUT2D eigenvalue weighted by Gasteiger charge is -2.13. The van der Waals surface area contributed by atoms with E-state index in [4.69, 9.17) is 16.3 Å². The molecule has 0 bridgehead atoms. The van der Waals surface area contributed by atoms with Gasteiger partial charge in [0.1, 0.15) is 23.1 Å². The largest absolute Gasteiger partial charge is 0.494 e. The highest BCUT2D eigenvalue weighted by molar-refractivity contribution is 7.90. The molecule has 0 spiro atoms. The van der Waals surface area contributed by atoms with Crippen molar-refractivity contribution < 1.29 is 21.9 Å². The SMILES string of the molecule is CNCc1cn(S(=O)(=O)c2cccc(Cl)c2)c(-c2ccc(F)cc2F)c1OC.Cl. The Morgan fingerprint density at radius 2 is 1.90 bits per heavy atom. The molecule has 156 valence electrons. The summed E-state index contributed by atoms with van der Waals surface area (Å²) in [5.41, 5.74) is 0.353. The summed E-state index contributed by atoms with van der Waals surface area (Å²) in [6.45, 7) is 0.275. The predicted molar refractivity (Wildman–Crippen MR) is 110 cm³/mol. The Hall–Kier alpha value is -2.13. The molecule has 0 atom stereocenters. The summed E-state index contributed by atoms with van der Waals surface area (Å²) < 4.78 is 60.8. The second kappa shape index (κ2) is 9.13. The summed E-state index contributed by atoms with van der Waals surface area (Å²) >= 11 is 5.94. The van der Waals surface area contributed by atoms with Crippen LogP contribution in [0.3, 0.4) is 0 Å². The molecule has 0 unspecified atom stereocenters. The average Bonchev–Trinajstić information content (AvgIpc) is 3.01. The molecule has 29 heavy (non-hydrogen) atoms. The second-order valence-electron chi connectivity index (χ2n) is 5.95. The highest BCUT2D eigenvalue weighted by Crippen LogP contribution is 2.39. The fraction of sp³-hybridized carbons (Fsp3) is 0.158. The molecular formula is C19H18Cl2F2N2O3S. The van der Waals surface area contributed by atoms with Crippen LogP contribution in [0.5, 0.6) is 5.75 Å². The lowest BCUT2D eigenvalue weighted by Crippen LogP contribution is -2.14. The standard InChI is InChI=1S/C19H17ClF2N2O3S.ClH/c1-23-10-12-11-24(28(25,26)15-5-3-4-13(20)8-15)18(19(12)27-2)16-7-6-14(21)9-17(16)22;/h3-9,11,23H,10H2,1-2H3;1H. The molecule has 0 aliphatic carbocycles. The molecule has 0 radical (unpaired) electrons. The molecule has 2 aromatic carbocycles. The summed E-state index contributed by atoms with van der Waals surface area (Å²) in [4.78, 5) is -0.0718. The second-order valence-corrected chi connectivity index (χ2v) is 8.20. The number of benzene rings is 2. The molecule has 0 aliphatic rings. The maximum atomic E-state index is 14.5. The molecular weight excluding hydrogens is 445 g/mol. The summed E-state index contributed by atoms with van der Waals surface area (Å²) in [5, 5.41) is 3.15. The zero-order valence-corrected chi connectivity index (χ0v) is 17.8. The van der Waals surface area contributed by atoms with Crippen LogP contribution in [-0.2, 0) is 16.6 Å². The van der Waals surface area contributed by atoms with Crippen LogP contribution in [-0.4, -0.2) is 26.5 Å². The topological polar surface area (TPSA) is 60.3 Å². The van der Waals surface area contributed by atoms with Crippen molar-refractivity contribution in [3.05, 3.63) is 70.9 Å². The number of ether oxygens (including phenoxy) is 1. The van der Waals surface area contributed by atoms with Crippen LogP contribution in [0.25, 0.3) is 11.3 Å². The number of halogens is 4. The Balaban J connectivity index is 0.00000300. The smallest absolute Gasteiger partial charge is 0.268 e.